The molecule has 1 fully saturated rings. The van der Waals surface area contributed by atoms with E-state index in [1.165, 1.54) is 10.6 Å². The Morgan fingerprint density at radius 2 is 1.81 bits per heavy atom. The average molecular weight is 530 g/mol. The van der Waals surface area contributed by atoms with Crippen molar-refractivity contribution in [1.82, 2.24) is 10.2 Å². The van der Waals surface area contributed by atoms with Crippen LogP contribution in [0.5, 0.6) is 5.75 Å². The number of aryl methyl sites for hydroxylation is 1. The van der Waals surface area contributed by atoms with Crippen molar-refractivity contribution in [2.45, 2.75) is 71.0 Å². The molecule has 0 spiro atoms. The van der Waals surface area contributed by atoms with Gasteiger partial charge in [-0.15, -0.1) is 0 Å². The zero-order chi connectivity index (χ0) is 27.0. The standard InChI is InChI=1S/C28H39N3O5S/c1-21-10-7-14-25(18-21)31(37(4,34)35)17-9-16-27(32)30(20-23-11-8-15-26(19-23)36-3)22(2)28(33)29-24-12-5-6-13-24/h7-8,10-11,14-15,18-19,22,24H,5-6,9,12-13,16-17,20H2,1-4H3,(H,29,33)/t22-/m1/s1. The van der Waals surface area contributed by atoms with Gasteiger partial charge in [0.2, 0.25) is 21.8 Å². The zero-order valence-electron chi connectivity index (χ0n) is 22.3. The van der Waals surface area contributed by atoms with Crippen molar-refractivity contribution in [3.05, 3.63) is 59.7 Å². The number of benzene rings is 2. The number of sulfonamides is 1. The fourth-order valence-corrected chi connectivity index (χ4v) is 5.69. The number of hydrogen-bond donors (Lipinski definition) is 1. The molecule has 9 heteroatoms. The second-order valence-corrected chi connectivity index (χ2v) is 11.7. The third-order valence-corrected chi connectivity index (χ3v) is 7.99. The number of anilines is 1. The SMILES string of the molecule is COc1cccc(CN(C(=O)CCCN(c2cccc(C)c2)S(C)(=O)=O)[C@H](C)C(=O)NC2CCCC2)c1. The van der Waals surface area contributed by atoms with Gasteiger partial charge < -0.3 is 15.0 Å². The zero-order valence-corrected chi connectivity index (χ0v) is 23.1. The Morgan fingerprint density at radius 1 is 1.11 bits per heavy atom. The predicted molar refractivity (Wildman–Crippen MR) is 146 cm³/mol. The highest BCUT2D eigenvalue weighted by Crippen LogP contribution is 2.22. The number of carbonyl (C=O) groups is 2. The summed E-state index contributed by atoms with van der Waals surface area (Å²) in [4.78, 5) is 28.1. The van der Waals surface area contributed by atoms with Crippen LogP contribution in [0.2, 0.25) is 0 Å². The quantitative estimate of drug-likeness (QED) is 0.448. The topological polar surface area (TPSA) is 96.0 Å². The van der Waals surface area contributed by atoms with Crippen molar-refractivity contribution in [3.8, 4) is 5.75 Å². The van der Waals surface area contributed by atoms with E-state index in [4.69, 9.17) is 4.74 Å². The molecule has 0 radical (unpaired) electrons. The summed E-state index contributed by atoms with van der Waals surface area (Å²) >= 11 is 0. The monoisotopic (exact) mass is 529 g/mol. The molecular formula is C28H39N3O5S. The maximum absolute atomic E-state index is 13.5. The number of methoxy groups -OCH3 is 1. The largest absolute Gasteiger partial charge is 0.497 e. The van der Waals surface area contributed by atoms with Gasteiger partial charge in [0.25, 0.3) is 0 Å². The minimum atomic E-state index is -3.52. The molecule has 0 saturated heterocycles. The van der Waals surface area contributed by atoms with E-state index in [-0.39, 0.29) is 37.4 Å². The lowest BCUT2D eigenvalue weighted by Crippen LogP contribution is -2.49. The van der Waals surface area contributed by atoms with Gasteiger partial charge in [-0.3, -0.25) is 13.9 Å². The molecule has 1 atom stereocenters. The highest BCUT2D eigenvalue weighted by molar-refractivity contribution is 7.92. The summed E-state index contributed by atoms with van der Waals surface area (Å²) in [6.07, 6.45) is 5.73. The first-order chi connectivity index (χ1) is 17.6. The van der Waals surface area contributed by atoms with E-state index in [0.717, 1.165) is 36.8 Å². The summed E-state index contributed by atoms with van der Waals surface area (Å²) in [6, 6.07) is 14.2. The van der Waals surface area contributed by atoms with E-state index in [0.29, 0.717) is 17.9 Å². The number of rotatable bonds is 12. The van der Waals surface area contributed by atoms with Crippen LogP contribution in [0.25, 0.3) is 0 Å². The van der Waals surface area contributed by atoms with Crippen LogP contribution in [0.4, 0.5) is 5.69 Å². The Bertz CT molecular complexity index is 1180. The van der Waals surface area contributed by atoms with E-state index in [9.17, 15) is 18.0 Å². The van der Waals surface area contributed by atoms with Gasteiger partial charge in [-0.2, -0.15) is 0 Å². The first-order valence-corrected chi connectivity index (χ1v) is 14.7. The molecule has 0 aromatic heterocycles. The number of carbonyl (C=O) groups excluding carboxylic acids is 2. The Morgan fingerprint density at radius 3 is 2.46 bits per heavy atom. The minimum Gasteiger partial charge on any atom is -0.497 e. The molecule has 1 aliphatic rings. The van der Waals surface area contributed by atoms with Gasteiger partial charge in [0.05, 0.1) is 19.1 Å². The minimum absolute atomic E-state index is 0.114. The maximum Gasteiger partial charge on any atom is 0.242 e. The molecular weight excluding hydrogens is 490 g/mol. The van der Waals surface area contributed by atoms with E-state index >= 15 is 0 Å². The van der Waals surface area contributed by atoms with Crippen LogP contribution in [0.3, 0.4) is 0 Å². The van der Waals surface area contributed by atoms with Crippen molar-refractivity contribution in [2.24, 2.45) is 0 Å². The lowest BCUT2D eigenvalue weighted by Gasteiger charge is -2.30. The second kappa shape index (κ2) is 12.9. The molecule has 2 aromatic rings. The maximum atomic E-state index is 13.5. The number of hydrogen-bond acceptors (Lipinski definition) is 5. The summed E-state index contributed by atoms with van der Waals surface area (Å²) in [5.41, 5.74) is 2.38. The third-order valence-electron chi connectivity index (χ3n) is 6.80. The highest BCUT2D eigenvalue weighted by atomic mass is 32.2. The van der Waals surface area contributed by atoms with Gasteiger partial charge in [-0.05, 0) is 68.5 Å². The Labute approximate surface area is 221 Å². The molecule has 2 amide bonds. The highest BCUT2D eigenvalue weighted by Gasteiger charge is 2.29. The first kappa shape index (κ1) is 28.5. The van der Waals surface area contributed by atoms with Crippen LogP contribution < -0.4 is 14.4 Å². The molecule has 1 saturated carbocycles. The van der Waals surface area contributed by atoms with Crippen molar-refractivity contribution >= 4 is 27.5 Å². The van der Waals surface area contributed by atoms with E-state index in [2.05, 4.69) is 5.32 Å². The first-order valence-electron chi connectivity index (χ1n) is 12.9. The Hall–Kier alpha value is -3.07. The molecule has 2 aromatic carbocycles. The molecule has 3 rings (SSSR count). The van der Waals surface area contributed by atoms with Crippen LogP contribution >= 0.6 is 0 Å². The van der Waals surface area contributed by atoms with E-state index < -0.39 is 16.1 Å². The second-order valence-electron chi connectivity index (χ2n) is 9.82. The molecule has 1 N–H and O–H groups in total. The molecule has 8 nitrogen and oxygen atoms in total. The van der Waals surface area contributed by atoms with Crippen LogP contribution in [0.15, 0.2) is 48.5 Å². The lowest BCUT2D eigenvalue weighted by atomic mass is 10.1. The summed E-state index contributed by atoms with van der Waals surface area (Å²) in [5.74, 6) is 0.310. The molecule has 0 heterocycles. The van der Waals surface area contributed by atoms with Gasteiger partial charge in [-0.25, -0.2) is 8.42 Å². The van der Waals surface area contributed by atoms with Crippen molar-refractivity contribution in [1.29, 1.82) is 0 Å². The summed E-state index contributed by atoms with van der Waals surface area (Å²) in [5, 5.41) is 3.10. The summed E-state index contributed by atoms with van der Waals surface area (Å²) < 4.78 is 31.6. The van der Waals surface area contributed by atoms with Gasteiger partial charge in [0, 0.05) is 25.6 Å². The lowest BCUT2D eigenvalue weighted by molar-refractivity contribution is -0.141. The molecule has 0 aliphatic heterocycles. The molecule has 1 aliphatic carbocycles. The summed E-state index contributed by atoms with van der Waals surface area (Å²) in [6.45, 7) is 4.08. The summed E-state index contributed by atoms with van der Waals surface area (Å²) in [7, 11) is -1.94. The van der Waals surface area contributed by atoms with Gasteiger partial charge in [0.15, 0.2) is 0 Å². The van der Waals surface area contributed by atoms with E-state index in [1.54, 1.807) is 25.0 Å². The predicted octanol–water partition coefficient (Wildman–Crippen LogP) is 4.03. The molecule has 37 heavy (non-hydrogen) atoms. The van der Waals surface area contributed by atoms with Crippen molar-refractivity contribution < 1.29 is 22.7 Å². The normalized spacial score (nSPS) is 14.7. The average Bonchev–Trinajstić information content (AvgIpc) is 3.37. The number of amides is 2. The number of nitrogens with one attached hydrogen (secondary N) is 1. The van der Waals surface area contributed by atoms with Crippen molar-refractivity contribution in [3.63, 3.8) is 0 Å². The molecule has 0 unspecified atom stereocenters. The van der Waals surface area contributed by atoms with Gasteiger partial charge >= 0.3 is 0 Å². The van der Waals surface area contributed by atoms with Crippen LogP contribution in [0.1, 0.15) is 56.6 Å². The number of ether oxygens (including phenoxy) is 1. The van der Waals surface area contributed by atoms with Gasteiger partial charge in [-0.1, -0.05) is 37.1 Å². The number of nitrogens with zero attached hydrogens (tertiary/aromatic N) is 2. The van der Waals surface area contributed by atoms with Gasteiger partial charge in [0.1, 0.15) is 11.8 Å². The Kier molecular flexibility index (Phi) is 9.97. The molecule has 0 bridgehead atoms. The van der Waals surface area contributed by atoms with E-state index in [1.807, 2.05) is 49.4 Å². The molecule has 202 valence electrons. The fraction of sp³-hybridized carbons (Fsp3) is 0.500. The van der Waals surface area contributed by atoms with Crippen molar-refractivity contribution in [2.75, 3.05) is 24.2 Å². The fourth-order valence-electron chi connectivity index (χ4n) is 4.73. The third kappa shape index (κ3) is 8.21. The van der Waals surface area contributed by atoms with Crippen LogP contribution in [-0.4, -0.2) is 57.1 Å². The van der Waals surface area contributed by atoms with Crippen LogP contribution in [-0.2, 0) is 26.2 Å². The smallest absolute Gasteiger partial charge is 0.242 e. The Balaban J connectivity index is 1.73. The van der Waals surface area contributed by atoms with Crippen LogP contribution in [0, 0.1) is 6.92 Å².